The van der Waals surface area contributed by atoms with Crippen molar-refractivity contribution in [2.75, 3.05) is 13.7 Å². The summed E-state index contributed by atoms with van der Waals surface area (Å²) in [6, 6.07) is 10.8. The van der Waals surface area contributed by atoms with Crippen LogP contribution in [0.3, 0.4) is 0 Å². The average Bonchev–Trinajstić information content (AvgIpc) is 2.70. The number of azo groups is 1. The number of benzene rings is 2. The fraction of sp³-hybridized carbons (Fsp3) is 0.167. The molecule has 0 spiro atoms. The molecule has 1 unspecified atom stereocenters. The van der Waals surface area contributed by atoms with Crippen LogP contribution in [0.1, 0.15) is 15.9 Å². The van der Waals surface area contributed by atoms with E-state index in [1.165, 1.54) is 25.3 Å². The molecule has 8 nitrogen and oxygen atoms in total. The Balaban J connectivity index is 2.24. The van der Waals surface area contributed by atoms with Crippen LogP contribution < -0.4 is 15.2 Å². The number of nitrogens with one attached hydrogen (secondary N) is 1. The predicted octanol–water partition coefficient (Wildman–Crippen LogP) is 2.09. The van der Waals surface area contributed by atoms with Gasteiger partial charge in [0.25, 0.3) is 5.91 Å². The number of carbonyl (C=O) groups excluding carboxylic acids is 3. The first kappa shape index (κ1) is 21.3. The Morgan fingerprint density at radius 1 is 1.18 bits per heavy atom. The van der Waals surface area contributed by atoms with Gasteiger partial charge in [0, 0.05) is 10.6 Å². The second-order valence-corrected chi connectivity index (χ2v) is 6.21. The Bertz CT molecular complexity index is 916. The number of alkyl halides is 1. The van der Waals surface area contributed by atoms with E-state index in [1.54, 1.807) is 24.3 Å². The molecule has 1 N–H and O–H groups in total. The Morgan fingerprint density at radius 2 is 1.86 bits per heavy atom. The summed E-state index contributed by atoms with van der Waals surface area (Å²) in [6.45, 7) is -0.709. The summed E-state index contributed by atoms with van der Waals surface area (Å²) in [5.74, 6) is -2.12. The number of amides is 1. The van der Waals surface area contributed by atoms with Crippen LogP contribution >= 0.6 is 23.2 Å². The molecule has 0 saturated carbocycles. The Labute approximate surface area is 170 Å². The number of nitrogens with zero attached hydrogens (tertiary/aromatic N) is 2. The minimum Gasteiger partial charge on any atom is -0.548 e. The maximum atomic E-state index is 12.8. The lowest BCUT2D eigenvalue weighted by Crippen LogP contribution is -2.40. The molecule has 0 aliphatic carbocycles. The molecule has 10 heteroatoms. The fourth-order valence-corrected chi connectivity index (χ4v) is 2.38. The van der Waals surface area contributed by atoms with Crippen LogP contribution in [0.5, 0.6) is 5.75 Å². The lowest BCUT2D eigenvalue weighted by Gasteiger charge is -2.08. The van der Waals surface area contributed by atoms with E-state index < -0.39 is 23.9 Å². The van der Waals surface area contributed by atoms with Gasteiger partial charge in [0.15, 0.2) is 5.78 Å². The van der Waals surface area contributed by atoms with Gasteiger partial charge in [-0.3, -0.25) is 9.59 Å². The van der Waals surface area contributed by atoms with Crippen LogP contribution in [0.25, 0.3) is 0 Å². The van der Waals surface area contributed by atoms with Crippen LogP contribution in [-0.4, -0.2) is 36.8 Å². The number of carbonyl (C=O) groups is 3. The molecular weight excluding hydrogens is 409 g/mol. The third-order valence-corrected chi connectivity index (χ3v) is 3.97. The first-order valence-electron chi connectivity index (χ1n) is 7.82. The van der Waals surface area contributed by atoms with E-state index in [4.69, 9.17) is 27.9 Å². The zero-order chi connectivity index (χ0) is 20.7. The van der Waals surface area contributed by atoms with E-state index in [0.29, 0.717) is 16.3 Å². The highest BCUT2D eigenvalue weighted by Gasteiger charge is 2.17. The quantitative estimate of drug-likeness (QED) is 0.302. The molecule has 0 aliphatic rings. The molecule has 0 heterocycles. The van der Waals surface area contributed by atoms with Crippen molar-refractivity contribution in [3.63, 3.8) is 0 Å². The fourth-order valence-electron chi connectivity index (χ4n) is 2.08. The largest absolute Gasteiger partial charge is 0.548 e. The van der Waals surface area contributed by atoms with Crippen molar-refractivity contribution in [1.82, 2.24) is 5.32 Å². The van der Waals surface area contributed by atoms with Gasteiger partial charge in [0.05, 0.1) is 30.9 Å². The number of carboxylic acid groups (broad SMARTS) is 1. The van der Waals surface area contributed by atoms with Gasteiger partial charge >= 0.3 is 0 Å². The van der Waals surface area contributed by atoms with Gasteiger partial charge in [-0.15, -0.1) is 0 Å². The molecule has 2 aromatic rings. The standard InChI is InChI=1S/C18H15Cl2N3O5/c1-28-12-5-2-10(3-6-12)16(26)13-8-11(19)4-7-14(13)22-23-17(20)18(27)21-9-15(24)25/h2-8,17H,9H2,1H3,(H,21,27)(H,24,25)/p-1. The first-order valence-corrected chi connectivity index (χ1v) is 8.64. The Hall–Kier alpha value is -2.97. The van der Waals surface area contributed by atoms with Gasteiger partial charge in [-0.05, 0) is 42.5 Å². The molecule has 1 amide bonds. The van der Waals surface area contributed by atoms with Gasteiger partial charge < -0.3 is 20.0 Å². The molecule has 0 aromatic heterocycles. The summed E-state index contributed by atoms with van der Waals surface area (Å²) < 4.78 is 5.06. The molecule has 28 heavy (non-hydrogen) atoms. The minimum absolute atomic E-state index is 0.142. The summed E-state index contributed by atoms with van der Waals surface area (Å²) in [7, 11) is 1.51. The van der Waals surface area contributed by atoms with Crippen molar-refractivity contribution in [1.29, 1.82) is 0 Å². The number of halogens is 2. The van der Waals surface area contributed by atoms with E-state index >= 15 is 0 Å². The molecule has 0 bridgehead atoms. The molecule has 0 radical (unpaired) electrons. The zero-order valence-electron chi connectivity index (χ0n) is 14.5. The number of rotatable bonds is 8. The van der Waals surface area contributed by atoms with Crippen molar-refractivity contribution in [3.8, 4) is 5.75 Å². The van der Waals surface area contributed by atoms with Crippen molar-refractivity contribution in [2.24, 2.45) is 10.2 Å². The second-order valence-electron chi connectivity index (χ2n) is 5.36. The highest BCUT2D eigenvalue weighted by atomic mass is 35.5. The number of ketones is 1. The van der Waals surface area contributed by atoms with E-state index in [-0.39, 0.29) is 17.0 Å². The van der Waals surface area contributed by atoms with Crippen LogP contribution in [0.15, 0.2) is 52.7 Å². The molecular formula is C18H14Cl2N3O5-. The zero-order valence-corrected chi connectivity index (χ0v) is 16.0. The summed E-state index contributed by atoms with van der Waals surface area (Å²) in [5, 5.41) is 20.1. The van der Waals surface area contributed by atoms with Crippen molar-refractivity contribution < 1.29 is 24.2 Å². The predicted molar refractivity (Wildman–Crippen MR) is 100 cm³/mol. The third kappa shape index (κ3) is 5.77. The van der Waals surface area contributed by atoms with Crippen molar-refractivity contribution in [2.45, 2.75) is 5.50 Å². The van der Waals surface area contributed by atoms with Crippen LogP contribution in [0, 0.1) is 0 Å². The average molecular weight is 423 g/mol. The summed E-state index contributed by atoms with van der Waals surface area (Å²) in [5.41, 5.74) is -0.823. The Kier molecular flexibility index (Phi) is 7.48. The van der Waals surface area contributed by atoms with Gasteiger partial charge in [-0.25, -0.2) is 0 Å². The normalized spacial score (nSPS) is 11.8. The van der Waals surface area contributed by atoms with E-state index in [0.717, 1.165) is 0 Å². The number of ether oxygens (including phenoxy) is 1. The Morgan fingerprint density at radius 3 is 2.46 bits per heavy atom. The highest BCUT2D eigenvalue weighted by Crippen LogP contribution is 2.27. The molecule has 0 saturated heterocycles. The number of hydrogen-bond donors (Lipinski definition) is 1. The summed E-state index contributed by atoms with van der Waals surface area (Å²) in [6.07, 6.45) is 0. The molecule has 0 fully saturated rings. The number of aliphatic carboxylic acids is 1. The highest BCUT2D eigenvalue weighted by molar-refractivity contribution is 6.31. The van der Waals surface area contributed by atoms with Gasteiger partial charge in [0.2, 0.25) is 5.50 Å². The van der Waals surface area contributed by atoms with Crippen LogP contribution in [0.4, 0.5) is 5.69 Å². The van der Waals surface area contributed by atoms with Crippen LogP contribution in [0.2, 0.25) is 5.02 Å². The van der Waals surface area contributed by atoms with E-state index in [9.17, 15) is 19.5 Å². The number of methoxy groups -OCH3 is 1. The number of carboxylic acids is 1. The second kappa shape index (κ2) is 9.82. The maximum Gasteiger partial charge on any atom is 0.262 e. The molecule has 146 valence electrons. The lowest BCUT2D eigenvalue weighted by atomic mass is 10.0. The number of hydrogen-bond acceptors (Lipinski definition) is 7. The van der Waals surface area contributed by atoms with E-state index in [2.05, 4.69) is 10.2 Å². The topological polar surface area (TPSA) is 120 Å². The third-order valence-electron chi connectivity index (χ3n) is 3.45. The molecule has 2 aromatic carbocycles. The smallest absolute Gasteiger partial charge is 0.262 e. The van der Waals surface area contributed by atoms with E-state index in [1.807, 2.05) is 5.32 Å². The minimum atomic E-state index is -1.49. The summed E-state index contributed by atoms with van der Waals surface area (Å²) >= 11 is 11.8. The summed E-state index contributed by atoms with van der Waals surface area (Å²) in [4.78, 5) is 34.8. The van der Waals surface area contributed by atoms with Crippen molar-refractivity contribution >= 4 is 46.5 Å². The molecule has 1 atom stereocenters. The SMILES string of the molecule is COc1ccc(C(=O)c2cc(Cl)ccc2N=NC(Cl)C(=O)NCC(=O)[O-])cc1. The van der Waals surface area contributed by atoms with Gasteiger partial charge in [-0.1, -0.05) is 23.2 Å². The molecule has 2 rings (SSSR count). The monoisotopic (exact) mass is 422 g/mol. The first-order chi connectivity index (χ1) is 13.3. The lowest BCUT2D eigenvalue weighted by molar-refractivity contribution is -0.304. The van der Waals surface area contributed by atoms with Gasteiger partial charge in [0.1, 0.15) is 5.75 Å². The van der Waals surface area contributed by atoms with Crippen LogP contribution in [-0.2, 0) is 9.59 Å². The molecule has 0 aliphatic heterocycles. The van der Waals surface area contributed by atoms with Crippen molar-refractivity contribution in [3.05, 3.63) is 58.6 Å². The van der Waals surface area contributed by atoms with Gasteiger partial charge in [-0.2, -0.15) is 10.2 Å². The maximum absolute atomic E-state index is 12.8.